The number of aryl methyl sites for hydroxylation is 1. The minimum Gasteiger partial charge on any atom is -0.489 e. The van der Waals surface area contributed by atoms with Gasteiger partial charge in [-0.3, -0.25) is 0 Å². The lowest BCUT2D eigenvalue weighted by molar-refractivity contribution is 0.0452. The van der Waals surface area contributed by atoms with Gasteiger partial charge in [0.15, 0.2) is 0 Å². The molecule has 1 amide bonds. The van der Waals surface area contributed by atoms with E-state index < -0.39 is 17.4 Å². The van der Waals surface area contributed by atoms with E-state index in [2.05, 4.69) is 5.32 Å². The van der Waals surface area contributed by atoms with Crippen LogP contribution >= 0.6 is 0 Å². The Morgan fingerprint density at radius 3 is 2.23 bits per heavy atom. The van der Waals surface area contributed by atoms with Crippen LogP contribution in [0.15, 0.2) is 66.2 Å². The number of hydrogen-bond donors (Lipinski definition) is 2. The molecule has 168 valence electrons. The van der Waals surface area contributed by atoms with Gasteiger partial charge in [0.1, 0.15) is 18.0 Å². The highest BCUT2D eigenvalue weighted by molar-refractivity contribution is 5.68. The average Bonchev–Trinajstić information content (AvgIpc) is 2.69. The van der Waals surface area contributed by atoms with Gasteiger partial charge >= 0.3 is 6.09 Å². The molecule has 31 heavy (non-hydrogen) atoms. The maximum Gasteiger partial charge on any atom is 0.409 e. The van der Waals surface area contributed by atoms with Gasteiger partial charge in [-0.05, 0) is 70.7 Å². The summed E-state index contributed by atoms with van der Waals surface area (Å²) in [5, 5.41) is 2.87. The molecule has 0 spiro atoms. The van der Waals surface area contributed by atoms with E-state index in [4.69, 9.17) is 15.2 Å². The molecule has 1 atom stereocenters. The molecule has 0 aromatic heterocycles. The molecule has 0 radical (unpaired) electrons. The van der Waals surface area contributed by atoms with Crippen molar-refractivity contribution >= 4 is 6.09 Å². The third kappa shape index (κ3) is 9.71. The first-order valence-corrected chi connectivity index (χ1v) is 10.7. The first-order chi connectivity index (χ1) is 14.5. The molecule has 0 saturated carbocycles. The number of allylic oxidation sites excluding steroid dienone is 1. The number of alkyl carbamates (subject to hydrolysis) is 1. The van der Waals surface area contributed by atoms with Gasteiger partial charge in [0.2, 0.25) is 0 Å². The number of hydrogen-bond acceptors (Lipinski definition) is 4. The number of amides is 1. The lowest BCUT2D eigenvalue weighted by Crippen LogP contribution is -2.56. The second-order valence-electron chi connectivity index (χ2n) is 9.19. The molecule has 0 aliphatic rings. The molecule has 2 rings (SSSR count). The van der Waals surface area contributed by atoms with Gasteiger partial charge in [-0.2, -0.15) is 0 Å². The minimum atomic E-state index is -0.887. The van der Waals surface area contributed by atoms with Gasteiger partial charge < -0.3 is 20.5 Å². The molecule has 0 bridgehead atoms. The third-order valence-corrected chi connectivity index (χ3v) is 4.66. The zero-order valence-electron chi connectivity index (χ0n) is 19.4. The van der Waals surface area contributed by atoms with Gasteiger partial charge in [-0.25, -0.2) is 4.79 Å². The quantitative estimate of drug-likeness (QED) is 0.398. The van der Waals surface area contributed by atoms with Crippen LogP contribution in [0.3, 0.4) is 0 Å². The molecule has 1 unspecified atom stereocenters. The monoisotopic (exact) mass is 424 g/mol. The normalized spacial score (nSPS) is 13.1. The molecule has 0 saturated heterocycles. The van der Waals surface area contributed by atoms with E-state index in [1.54, 1.807) is 0 Å². The summed E-state index contributed by atoms with van der Waals surface area (Å²) in [6, 6.07) is 18.1. The lowest BCUT2D eigenvalue weighted by Gasteiger charge is -2.31. The van der Waals surface area contributed by atoms with E-state index in [1.807, 2.05) is 95.3 Å². The first-order valence-electron chi connectivity index (χ1n) is 10.7. The van der Waals surface area contributed by atoms with Gasteiger partial charge in [0.05, 0.1) is 5.66 Å². The summed E-state index contributed by atoms with van der Waals surface area (Å²) >= 11 is 0. The van der Waals surface area contributed by atoms with Gasteiger partial charge in [-0.15, -0.1) is 0 Å². The number of nitrogens with one attached hydrogen (secondary N) is 1. The van der Waals surface area contributed by atoms with Gasteiger partial charge in [-0.1, -0.05) is 54.1 Å². The maximum absolute atomic E-state index is 12.3. The van der Waals surface area contributed by atoms with Crippen LogP contribution in [0.1, 0.15) is 58.6 Å². The van der Waals surface area contributed by atoms with Crippen LogP contribution < -0.4 is 15.8 Å². The van der Waals surface area contributed by atoms with Crippen molar-refractivity contribution in [1.29, 1.82) is 0 Å². The molecular formula is C26H36N2O3. The van der Waals surface area contributed by atoms with Crippen molar-refractivity contribution in [2.45, 2.75) is 71.8 Å². The molecule has 0 fully saturated rings. The Bertz CT molecular complexity index is 850. The Morgan fingerprint density at radius 1 is 1.00 bits per heavy atom. The van der Waals surface area contributed by atoms with Crippen molar-refractivity contribution in [3.63, 3.8) is 0 Å². The molecule has 0 aliphatic carbocycles. The van der Waals surface area contributed by atoms with Crippen LogP contribution in [-0.4, -0.2) is 17.4 Å². The van der Waals surface area contributed by atoms with Crippen LogP contribution in [0.2, 0.25) is 0 Å². The second-order valence-corrected chi connectivity index (χ2v) is 9.19. The number of carbonyl (C=O) groups is 1. The molecule has 3 N–H and O–H groups in total. The number of nitrogens with two attached hydrogens (primary N) is 1. The molecule has 5 nitrogen and oxygen atoms in total. The summed E-state index contributed by atoms with van der Waals surface area (Å²) in [4.78, 5) is 12.3. The Hall–Kier alpha value is -2.79. The van der Waals surface area contributed by atoms with E-state index in [9.17, 15) is 4.79 Å². The van der Waals surface area contributed by atoms with Crippen molar-refractivity contribution in [2.24, 2.45) is 5.73 Å². The van der Waals surface area contributed by atoms with Crippen LogP contribution in [-0.2, 0) is 17.8 Å². The fraction of sp³-hybridized carbons (Fsp3) is 0.423. The second kappa shape index (κ2) is 11.0. The van der Waals surface area contributed by atoms with Crippen LogP contribution in [0.25, 0.3) is 0 Å². The summed E-state index contributed by atoms with van der Waals surface area (Å²) in [5.41, 5.74) is 8.53. The van der Waals surface area contributed by atoms with Crippen molar-refractivity contribution in [1.82, 2.24) is 5.32 Å². The van der Waals surface area contributed by atoms with E-state index in [-0.39, 0.29) is 0 Å². The van der Waals surface area contributed by atoms with Crippen molar-refractivity contribution in [2.75, 3.05) is 0 Å². The topological polar surface area (TPSA) is 73.6 Å². The fourth-order valence-electron chi connectivity index (χ4n) is 2.97. The largest absolute Gasteiger partial charge is 0.489 e. The van der Waals surface area contributed by atoms with Crippen LogP contribution in [0.4, 0.5) is 4.79 Å². The highest BCUT2D eigenvalue weighted by Crippen LogP contribution is 2.20. The summed E-state index contributed by atoms with van der Waals surface area (Å²) in [5.74, 6) is 0.822. The maximum atomic E-state index is 12.3. The fourth-order valence-corrected chi connectivity index (χ4v) is 2.97. The molecular weight excluding hydrogens is 388 g/mol. The number of rotatable bonds is 9. The van der Waals surface area contributed by atoms with Gasteiger partial charge in [0, 0.05) is 6.42 Å². The SMILES string of the molecule is CC(C)=CCC(N)(CCc1ccc(OCc2ccccc2)cc1)NC(=O)OC(C)(C)C. The zero-order chi connectivity index (χ0) is 22.9. The number of carbonyl (C=O) groups excluding carboxylic acids is 1. The highest BCUT2D eigenvalue weighted by Gasteiger charge is 2.28. The molecule has 2 aromatic carbocycles. The smallest absolute Gasteiger partial charge is 0.409 e. The average molecular weight is 425 g/mol. The van der Waals surface area contributed by atoms with Crippen molar-refractivity contribution in [3.8, 4) is 5.75 Å². The summed E-state index contributed by atoms with van der Waals surface area (Å²) in [7, 11) is 0. The first kappa shape index (κ1) is 24.5. The van der Waals surface area contributed by atoms with Crippen molar-refractivity contribution in [3.05, 3.63) is 77.4 Å². The van der Waals surface area contributed by atoms with Crippen LogP contribution in [0, 0.1) is 0 Å². The van der Waals surface area contributed by atoms with Crippen molar-refractivity contribution < 1.29 is 14.3 Å². The van der Waals surface area contributed by atoms with E-state index >= 15 is 0 Å². The summed E-state index contributed by atoms with van der Waals surface area (Å²) < 4.78 is 11.3. The van der Waals surface area contributed by atoms with E-state index in [0.29, 0.717) is 19.4 Å². The molecule has 0 heterocycles. The summed E-state index contributed by atoms with van der Waals surface area (Å²) in [6.07, 6.45) is 3.38. The Morgan fingerprint density at radius 2 is 1.65 bits per heavy atom. The molecule has 0 aliphatic heterocycles. The predicted molar refractivity (Wildman–Crippen MR) is 126 cm³/mol. The van der Waals surface area contributed by atoms with Crippen LogP contribution in [0.5, 0.6) is 5.75 Å². The molecule has 2 aromatic rings. The van der Waals surface area contributed by atoms with E-state index in [1.165, 1.54) is 0 Å². The van der Waals surface area contributed by atoms with Gasteiger partial charge in [0.25, 0.3) is 0 Å². The lowest BCUT2D eigenvalue weighted by atomic mass is 9.96. The number of benzene rings is 2. The standard InChI is InChI=1S/C26H36N2O3/c1-20(2)15-17-26(27,28-24(29)31-25(3,4)5)18-16-21-11-13-23(14-12-21)30-19-22-9-7-6-8-10-22/h6-15H,16-19,27H2,1-5H3,(H,28,29). The number of ether oxygens (including phenoxy) is 2. The Labute approximate surface area is 186 Å². The zero-order valence-corrected chi connectivity index (χ0v) is 19.4. The highest BCUT2D eigenvalue weighted by atomic mass is 16.6. The molecule has 5 heteroatoms. The van der Waals surface area contributed by atoms with E-state index in [0.717, 1.165) is 28.9 Å². The Kier molecular flexibility index (Phi) is 8.69. The predicted octanol–water partition coefficient (Wildman–Crippen LogP) is 5.73. The third-order valence-electron chi connectivity index (χ3n) is 4.66. The minimum absolute atomic E-state index is 0.498. The Balaban J connectivity index is 1.96. The summed E-state index contributed by atoms with van der Waals surface area (Å²) in [6.45, 7) is 10.1.